The number of aromatic nitrogens is 3. The number of anilines is 2. The Labute approximate surface area is 171 Å². The molecule has 0 bridgehead atoms. The average Bonchev–Trinajstić information content (AvgIpc) is 3.05. The number of nitrogens with one attached hydrogen (secondary N) is 2. The highest BCUT2D eigenvalue weighted by molar-refractivity contribution is 6.29. The fourth-order valence-corrected chi connectivity index (χ4v) is 3.15. The Kier molecular flexibility index (Phi) is 5.28. The van der Waals surface area contributed by atoms with Crippen LogP contribution in [0.3, 0.4) is 0 Å². The Morgan fingerprint density at radius 2 is 2.10 bits per heavy atom. The Balaban J connectivity index is 1.65. The van der Waals surface area contributed by atoms with Crippen LogP contribution >= 0.6 is 11.6 Å². The highest BCUT2D eigenvalue weighted by Crippen LogP contribution is 2.30. The SMILES string of the molecule is COCCNC(=O)c1oc2ccc(Nc3ncnc4ccc(Cl)nc34)cc2c1C. The third kappa shape index (κ3) is 3.85. The van der Waals surface area contributed by atoms with E-state index in [2.05, 4.69) is 25.6 Å². The molecule has 9 heteroatoms. The van der Waals surface area contributed by atoms with Gasteiger partial charge in [-0.25, -0.2) is 15.0 Å². The molecule has 148 valence electrons. The lowest BCUT2D eigenvalue weighted by molar-refractivity contribution is 0.0911. The first-order valence-electron chi connectivity index (χ1n) is 8.91. The Morgan fingerprint density at radius 3 is 2.93 bits per heavy atom. The number of furan rings is 1. The van der Waals surface area contributed by atoms with Crippen molar-refractivity contribution >= 4 is 51.0 Å². The van der Waals surface area contributed by atoms with Crippen LogP contribution in [0.25, 0.3) is 22.0 Å². The smallest absolute Gasteiger partial charge is 0.287 e. The van der Waals surface area contributed by atoms with E-state index in [4.69, 9.17) is 20.8 Å². The van der Waals surface area contributed by atoms with E-state index in [-0.39, 0.29) is 11.7 Å². The van der Waals surface area contributed by atoms with Crippen LogP contribution in [0.15, 0.2) is 41.1 Å². The fourth-order valence-electron chi connectivity index (χ4n) is 3.01. The summed E-state index contributed by atoms with van der Waals surface area (Å²) in [6, 6.07) is 9.02. The second-order valence-corrected chi connectivity index (χ2v) is 6.75. The van der Waals surface area contributed by atoms with Gasteiger partial charge in [0, 0.05) is 30.3 Å². The third-order valence-electron chi connectivity index (χ3n) is 4.44. The van der Waals surface area contributed by atoms with Crippen molar-refractivity contribution in [2.75, 3.05) is 25.6 Å². The summed E-state index contributed by atoms with van der Waals surface area (Å²) in [6.45, 7) is 2.70. The molecule has 0 saturated carbocycles. The molecule has 0 aliphatic carbocycles. The van der Waals surface area contributed by atoms with Gasteiger partial charge in [-0.3, -0.25) is 4.79 Å². The molecule has 1 aromatic carbocycles. The number of amides is 1. The zero-order valence-electron chi connectivity index (χ0n) is 15.8. The normalized spacial score (nSPS) is 11.1. The molecule has 8 nitrogen and oxygen atoms in total. The van der Waals surface area contributed by atoms with Crippen LogP contribution in [0, 0.1) is 6.92 Å². The minimum Gasteiger partial charge on any atom is -0.451 e. The maximum absolute atomic E-state index is 12.4. The van der Waals surface area contributed by atoms with Gasteiger partial charge in [0.2, 0.25) is 0 Å². The number of rotatable bonds is 6. The number of hydrogen-bond donors (Lipinski definition) is 2. The lowest BCUT2D eigenvalue weighted by atomic mass is 10.1. The maximum atomic E-state index is 12.4. The zero-order chi connectivity index (χ0) is 20.4. The topological polar surface area (TPSA) is 102 Å². The van der Waals surface area contributed by atoms with Gasteiger partial charge in [-0.15, -0.1) is 0 Å². The van der Waals surface area contributed by atoms with E-state index in [9.17, 15) is 4.79 Å². The lowest BCUT2D eigenvalue weighted by Gasteiger charge is -2.08. The van der Waals surface area contributed by atoms with Gasteiger partial charge >= 0.3 is 0 Å². The third-order valence-corrected chi connectivity index (χ3v) is 4.66. The van der Waals surface area contributed by atoms with Gasteiger partial charge in [-0.05, 0) is 37.3 Å². The van der Waals surface area contributed by atoms with Gasteiger partial charge in [-0.1, -0.05) is 11.6 Å². The largest absolute Gasteiger partial charge is 0.451 e. The van der Waals surface area contributed by atoms with E-state index in [1.807, 2.05) is 19.1 Å². The lowest BCUT2D eigenvalue weighted by Crippen LogP contribution is -2.27. The number of methoxy groups -OCH3 is 1. The van der Waals surface area contributed by atoms with Crippen molar-refractivity contribution < 1.29 is 13.9 Å². The predicted octanol–water partition coefficient (Wildman–Crippen LogP) is 3.85. The van der Waals surface area contributed by atoms with E-state index in [1.54, 1.807) is 25.3 Å². The van der Waals surface area contributed by atoms with E-state index in [0.717, 1.165) is 16.6 Å². The summed E-state index contributed by atoms with van der Waals surface area (Å²) in [5, 5.41) is 7.20. The molecule has 4 rings (SSSR count). The Bertz CT molecular complexity index is 1210. The summed E-state index contributed by atoms with van der Waals surface area (Å²) >= 11 is 6.02. The van der Waals surface area contributed by atoms with E-state index < -0.39 is 0 Å². The maximum Gasteiger partial charge on any atom is 0.287 e. The number of fused-ring (bicyclic) bond motifs is 2. The van der Waals surface area contributed by atoms with Gasteiger partial charge in [0.05, 0.1) is 12.1 Å². The number of nitrogens with zero attached hydrogens (tertiary/aromatic N) is 3. The number of carbonyl (C=O) groups excluding carboxylic acids is 1. The van der Waals surface area contributed by atoms with Crippen molar-refractivity contribution in [1.29, 1.82) is 0 Å². The van der Waals surface area contributed by atoms with Crippen LogP contribution in [0.4, 0.5) is 11.5 Å². The molecule has 0 fully saturated rings. The Morgan fingerprint density at radius 1 is 1.24 bits per heavy atom. The highest BCUT2D eigenvalue weighted by atomic mass is 35.5. The molecule has 0 spiro atoms. The number of benzene rings is 1. The van der Waals surface area contributed by atoms with Crippen molar-refractivity contribution in [2.24, 2.45) is 0 Å². The van der Waals surface area contributed by atoms with Crippen molar-refractivity contribution in [1.82, 2.24) is 20.3 Å². The number of pyridine rings is 1. The molecular weight excluding hydrogens is 394 g/mol. The number of halogens is 1. The van der Waals surface area contributed by atoms with Gasteiger partial charge in [0.1, 0.15) is 22.6 Å². The first kappa shape index (κ1) is 19.1. The first-order chi connectivity index (χ1) is 14.1. The molecule has 0 aliphatic heterocycles. The first-order valence-corrected chi connectivity index (χ1v) is 9.29. The molecule has 1 amide bonds. The van der Waals surface area contributed by atoms with Gasteiger partial charge < -0.3 is 19.8 Å². The van der Waals surface area contributed by atoms with E-state index in [1.165, 1.54) is 6.33 Å². The molecule has 3 heterocycles. The summed E-state index contributed by atoms with van der Waals surface area (Å²) in [7, 11) is 1.58. The van der Waals surface area contributed by atoms with Crippen molar-refractivity contribution in [3.8, 4) is 0 Å². The fraction of sp³-hybridized carbons (Fsp3) is 0.200. The van der Waals surface area contributed by atoms with Crippen molar-refractivity contribution in [2.45, 2.75) is 6.92 Å². The molecule has 29 heavy (non-hydrogen) atoms. The second kappa shape index (κ2) is 8.02. The second-order valence-electron chi connectivity index (χ2n) is 6.36. The quantitative estimate of drug-likeness (QED) is 0.367. The molecule has 3 aromatic heterocycles. The van der Waals surface area contributed by atoms with Gasteiger partial charge in [0.25, 0.3) is 5.91 Å². The summed E-state index contributed by atoms with van der Waals surface area (Å²) in [5.41, 5.74) is 3.41. The average molecular weight is 412 g/mol. The number of hydrogen-bond acceptors (Lipinski definition) is 7. The summed E-state index contributed by atoms with van der Waals surface area (Å²) in [4.78, 5) is 25.1. The molecular formula is C20H18ClN5O3. The molecule has 0 atom stereocenters. The molecule has 4 aromatic rings. The summed E-state index contributed by atoms with van der Waals surface area (Å²) in [6.07, 6.45) is 1.46. The van der Waals surface area contributed by atoms with Crippen LogP contribution in [0.1, 0.15) is 16.1 Å². The van der Waals surface area contributed by atoms with Crippen LogP contribution in [0.5, 0.6) is 0 Å². The summed E-state index contributed by atoms with van der Waals surface area (Å²) < 4.78 is 10.7. The van der Waals surface area contributed by atoms with Crippen molar-refractivity contribution in [3.05, 3.63) is 53.1 Å². The van der Waals surface area contributed by atoms with Gasteiger partial charge in [-0.2, -0.15) is 0 Å². The minimum absolute atomic E-state index is 0.272. The molecule has 2 N–H and O–H groups in total. The van der Waals surface area contributed by atoms with Crippen LogP contribution < -0.4 is 10.6 Å². The monoisotopic (exact) mass is 411 g/mol. The number of ether oxygens (including phenoxy) is 1. The van der Waals surface area contributed by atoms with Crippen LogP contribution in [-0.4, -0.2) is 41.1 Å². The van der Waals surface area contributed by atoms with Crippen molar-refractivity contribution in [3.63, 3.8) is 0 Å². The highest BCUT2D eigenvalue weighted by Gasteiger charge is 2.18. The molecule has 0 saturated heterocycles. The standard InChI is InChI=1S/C20H18ClN5O3/c1-11-13-9-12(3-5-15(13)29-18(11)20(27)22-7-8-28-2)25-19-17-14(23-10-24-19)4-6-16(21)26-17/h3-6,9-10H,7-8H2,1-2H3,(H,22,27)(H,23,24,25). The van der Waals surface area contributed by atoms with Crippen LogP contribution in [0.2, 0.25) is 5.15 Å². The molecule has 0 radical (unpaired) electrons. The van der Waals surface area contributed by atoms with Gasteiger partial charge in [0.15, 0.2) is 11.6 Å². The summed E-state index contributed by atoms with van der Waals surface area (Å²) in [5.74, 6) is 0.551. The Hall–Kier alpha value is -3.23. The molecule has 0 aliphatic rings. The number of aryl methyl sites for hydroxylation is 1. The van der Waals surface area contributed by atoms with Crippen LogP contribution in [-0.2, 0) is 4.74 Å². The predicted molar refractivity (Wildman–Crippen MR) is 111 cm³/mol. The zero-order valence-corrected chi connectivity index (χ0v) is 16.6. The van der Waals surface area contributed by atoms with E-state index in [0.29, 0.717) is 40.7 Å². The minimum atomic E-state index is -0.272. The number of carbonyl (C=O) groups is 1. The molecule has 0 unspecified atom stereocenters. The van der Waals surface area contributed by atoms with E-state index >= 15 is 0 Å².